The number of nitriles is 1. The van der Waals surface area contributed by atoms with Crippen LogP contribution in [0, 0.1) is 18.3 Å². The number of nitrogens with zero attached hydrogens (tertiary/aromatic N) is 2. The van der Waals surface area contributed by atoms with Crippen LogP contribution in [-0.4, -0.2) is 17.5 Å². The summed E-state index contributed by atoms with van der Waals surface area (Å²) in [6.07, 6.45) is 4.06. The highest BCUT2D eigenvalue weighted by molar-refractivity contribution is 7.15. The van der Waals surface area contributed by atoms with Crippen molar-refractivity contribution in [1.29, 1.82) is 5.26 Å². The van der Waals surface area contributed by atoms with Gasteiger partial charge in [0.05, 0.1) is 6.61 Å². The Bertz CT molecular complexity index is 1060. The molecule has 1 heterocycles. The van der Waals surface area contributed by atoms with Crippen molar-refractivity contribution in [3.8, 4) is 11.8 Å². The van der Waals surface area contributed by atoms with Crippen LogP contribution in [-0.2, 0) is 11.2 Å². The van der Waals surface area contributed by atoms with Gasteiger partial charge < -0.3 is 4.74 Å². The Kier molecular flexibility index (Phi) is 6.77. The molecule has 0 fully saturated rings. The monoisotopic (exact) mass is 403 g/mol. The van der Waals surface area contributed by atoms with Gasteiger partial charge in [-0.2, -0.15) is 5.26 Å². The summed E-state index contributed by atoms with van der Waals surface area (Å²) in [4.78, 5) is 17.8. The summed E-state index contributed by atoms with van der Waals surface area (Å²) in [5.74, 6) is 0.273. The molecule has 1 aromatic heterocycles. The van der Waals surface area contributed by atoms with Crippen molar-refractivity contribution in [2.45, 2.75) is 20.3 Å². The lowest BCUT2D eigenvalue weighted by atomic mass is 10.1. The number of nitrogens with one attached hydrogen (secondary N) is 1. The standard InChI is InChI=1S/C23H21N3O2S/c1-3-28-20-9-7-17(8-10-20)12-19(14-24)22(27)26-23-25-15-21(29-23)13-18-6-4-5-16(2)11-18/h4-12,15H,3,13H2,1-2H3,(H,25,26,27)/b19-12+. The number of rotatable bonds is 7. The first kappa shape index (κ1) is 20.3. The number of hydrogen-bond acceptors (Lipinski definition) is 5. The molecule has 1 amide bonds. The summed E-state index contributed by atoms with van der Waals surface area (Å²) in [5, 5.41) is 12.6. The zero-order valence-electron chi connectivity index (χ0n) is 16.3. The Balaban J connectivity index is 1.66. The summed E-state index contributed by atoms with van der Waals surface area (Å²) in [7, 11) is 0. The van der Waals surface area contributed by atoms with E-state index in [1.165, 1.54) is 22.5 Å². The number of benzene rings is 2. The highest BCUT2D eigenvalue weighted by Crippen LogP contribution is 2.22. The molecule has 0 aliphatic heterocycles. The Morgan fingerprint density at radius 2 is 2.07 bits per heavy atom. The molecule has 3 aromatic rings. The van der Waals surface area contributed by atoms with Crippen LogP contribution in [0.15, 0.2) is 60.3 Å². The van der Waals surface area contributed by atoms with E-state index in [1.807, 2.05) is 19.1 Å². The lowest BCUT2D eigenvalue weighted by Crippen LogP contribution is -2.13. The number of hydrogen-bond donors (Lipinski definition) is 1. The van der Waals surface area contributed by atoms with Gasteiger partial charge in [-0.25, -0.2) is 4.98 Å². The fourth-order valence-electron chi connectivity index (χ4n) is 2.78. The molecule has 6 heteroatoms. The highest BCUT2D eigenvalue weighted by Gasteiger charge is 2.12. The van der Waals surface area contributed by atoms with Gasteiger partial charge in [0.1, 0.15) is 17.4 Å². The molecule has 0 aliphatic carbocycles. The quantitative estimate of drug-likeness (QED) is 0.446. The number of ether oxygens (including phenoxy) is 1. The summed E-state index contributed by atoms with van der Waals surface area (Å²) in [5.41, 5.74) is 3.17. The normalized spacial score (nSPS) is 11.0. The third-order valence-electron chi connectivity index (χ3n) is 4.10. The van der Waals surface area contributed by atoms with E-state index in [9.17, 15) is 10.1 Å². The minimum atomic E-state index is -0.474. The highest BCUT2D eigenvalue weighted by atomic mass is 32.1. The van der Waals surface area contributed by atoms with Gasteiger partial charge in [-0.15, -0.1) is 11.3 Å². The first-order valence-corrected chi connectivity index (χ1v) is 10.1. The van der Waals surface area contributed by atoms with E-state index in [0.29, 0.717) is 11.7 Å². The molecule has 146 valence electrons. The maximum Gasteiger partial charge on any atom is 0.268 e. The van der Waals surface area contributed by atoms with Gasteiger partial charge >= 0.3 is 0 Å². The van der Waals surface area contributed by atoms with Gasteiger partial charge in [-0.05, 0) is 43.2 Å². The van der Waals surface area contributed by atoms with Gasteiger partial charge in [-0.3, -0.25) is 10.1 Å². The molecule has 0 unspecified atom stereocenters. The molecule has 0 bridgehead atoms. The van der Waals surface area contributed by atoms with E-state index in [4.69, 9.17) is 4.74 Å². The molecule has 0 saturated carbocycles. The summed E-state index contributed by atoms with van der Waals surface area (Å²) in [6, 6.07) is 17.5. The molecule has 0 aliphatic rings. The van der Waals surface area contributed by atoms with Gasteiger partial charge in [0, 0.05) is 17.5 Å². The number of carbonyl (C=O) groups is 1. The maximum atomic E-state index is 12.5. The molecule has 3 rings (SSSR count). The average Bonchev–Trinajstić information content (AvgIpc) is 3.14. The molecule has 29 heavy (non-hydrogen) atoms. The number of carbonyl (C=O) groups excluding carboxylic acids is 1. The largest absolute Gasteiger partial charge is 0.494 e. The first-order chi connectivity index (χ1) is 14.1. The van der Waals surface area contributed by atoms with Crippen LogP contribution in [0.2, 0.25) is 0 Å². The van der Waals surface area contributed by atoms with E-state index in [1.54, 1.807) is 36.5 Å². The Morgan fingerprint density at radius 1 is 1.28 bits per heavy atom. The molecule has 0 radical (unpaired) electrons. The van der Waals surface area contributed by atoms with Crippen molar-refractivity contribution in [3.05, 3.63) is 81.9 Å². The minimum Gasteiger partial charge on any atom is -0.494 e. The smallest absolute Gasteiger partial charge is 0.268 e. The van der Waals surface area contributed by atoms with E-state index in [2.05, 4.69) is 35.4 Å². The van der Waals surface area contributed by atoms with Crippen molar-refractivity contribution in [3.63, 3.8) is 0 Å². The molecular weight excluding hydrogens is 382 g/mol. The first-order valence-electron chi connectivity index (χ1n) is 9.23. The molecule has 1 N–H and O–H groups in total. The predicted octanol–water partition coefficient (Wildman–Crippen LogP) is 4.99. The van der Waals surface area contributed by atoms with Crippen molar-refractivity contribution < 1.29 is 9.53 Å². The Hall–Kier alpha value is -3.43. The minimum absolute atomic E-state index is 0.0181. The van der Waals surface area contributed by atoms with Crippen LogP contribution in [0.1, 0.15) is 28.5 Å². The van der Waals surface area contributed by atoms with Crippen LogP contribution in [0.4, 0.5) is 5.13 Å². The van der Waals surface area contributed by atoms with E-state index in [-0.39, 0.29) is 5.57 Å². The van der Waals surface area contributed by atoms with Crippen molar-refractivity contribution in [2.24, 2.45) is 0 Å². The lowest BCUT2D eigenvalue weighted by Gasteiger charge is -2.03. The number of anilines is 1. The summed E-state index contributed by atoms with van der Waals surface area (Å²) >= 11 is 1.41. The topological polar surface area (TPSA) is 75.0 Å². The number of thiazole rings is 1. The van der Waals surface area contributed by atoms with Crippen LogP contribution >= 0.6 is 11.3 Å². The maximum absolute atomic E-state index is 12.5. The molecule has 0 spiro atoms. The molecule has 5 nitrogen and oxygen atoms in total. The second-order valence-electron chi connectivity index (χ2n) is 6.42. The number of aryl methyl sites for hydroxylation is 1. The van der Waals surface area contributed by atoms with Crippen molar-refractivity contribution >= 4 is 28.5 Å². The summed E-state index contributed by atoms with van der Waals surface area (Å²) < 4.78 is 5.40. The second-order valence-corrected chi connectivity index (χ2v) is 7.54. The van der Waals surface area contributed by atoms with Crippen molar-refractivity contribution in [1.82, 2.24) is 4.98 Å². The zero-order valence-corrected chi connectivity index (χ0v) is 17.1. The summed E-state index contributed by atoms with van der Waals surface area (Å²) in [6.45, 7) is 4.56. The fraction of sp³-hybridized carbons (Fsp3) is 0.174. The lowest BCUT2D eigenvalue weighted by molar-refractivity contribution is -0.112. The second kappa shape index (κ2) is 9.67. The number of aromatic nitrogens is 1. The fourth-order valence-corrected chi connectivity index (χ4v) is 3.62. The van der Waals surface area contributed by atoms with Gasteiger partial charge in [0.2, 0.25) is 0 Å². The van der Waals surface area contributed by atoms with Gasteiger partial charge in [0.25, 0.3) is 5.91 Å². The van der Waals surface area contributed by atoms with Crippen LogP contribution < -0.4 is 10.1 Å². The van der Waals surface area contributed by atoms with Gasteiger partial charge in [0.15, 0.2) is 5.13 Å². The van der Waals surface area contributed by atoms with Crippen molar-refractivity contribution in [2.75, 3.05) is 11.9 Å². The Labute approximate surface area is 174 Å². The molecular formula is C23H21N3O2S. The SMILES string of the molecule is CCOc1ccc(/C=C(\C#N)C(=O)Nc2ncc(Cc3cccc(C)c3)s2)cc1. The Morgan fingerprint density at radius 3 is 2.76 bits per heavy atom. The average molecular weight is 404 g/mol. The zero-order chi connectivity index (χ0) is 20.6. The van der Waals surface area contributed by atoms with Crippen LogP contribution in [0.25, 0.3) is 6.08 Å². The number of amides is 1. The van der Waals surface area contributed by atoms with Crippen LogP contribution in [0.3, 0.4) is 0 Å². The molecule has 2 aromatic carbocycles. The van der Waals surface area contributed by atoms with Gasteiger partial charge in [-0.1, -0.05) is 42.0 Å². The molecule has 0 saturated heterocycles. The van der Waals surface area contributed by atoms with E-state index >= 15 is 0 Å². The van der Waals surface area contributed by atoms with E-state index in [0.717, 1.165) is 22.6 Å². The predicted molar refractivity (Wildman–Crippen MR) is 116 cm³/mol. The third kappa shape index (κ3) is 5.77. The molecule has 0 atom stereocenters. The third-order valence-corrected chi connectivity index (χ3v) is 5.01. The van der Waals surface area contributed by atoms with Crippen LogP contribution in [0.5, 0.6) is 5.75 Å². The van der Waals surface area contributed by atoms with E-state index < -0.39 is 5.91 Å².